The summed E-state index contributed by atoms with van der Waals surface area (Å²) in [6.07, 6.45) is 0.977. The number of carbonyl (C=O) groups excluding carboxylic acids is 1. The van der Waals surface area contributed by atoms with Crippen molar-refractivity contribution in [1.29, 1.82) is 0 Å². The van der Waals surface area contributed by atoms with Crippen LogP contribution < -0.4 is 5.73 Å². The number of likely N-dealkylation sites (tertiary alicyclic amines) is 1. The second-order valence-electron chi connectivity index (χ2n) is 7.27. The Bertz CT molecular complexity index is 734. The first-order valence-electron chi connectivity index (χ1n) is 8.49. The molecule has 0 spiro atoms. The van der Waals surface area contributed by atoms with Crippen molar-refractivity contribution < 1.29 is 4.79 Å². The molecule has 1 aliphatic rings. The number of amides is 1. The van der Waals surface area contributed by atoms with Crippen molar-refractivity contribution in [2.75, 3.05) is 19.6 Å². The van der Waals surface area contributed by atoms with E-state index in [0.29, 0.717) is 6.54 Å². The SMILES string of the molecule is Cc1cc(C)n(Cc2ccc(C(=O)N3CCC(C)(CN)C3)cc2)n1. The number of aryl methyl sites for hydroxylation is 2. The van der Waals surface area contributed by atoms with Crippen LogP contribution in [0.25, 0.3) is 0 Å². The van der Waals surface area contributed by atoms with Gasteiger partial charge in [0.1, 0.15) is 0 Å². The fraction of sp³-hybridized carbons (Fsp3) is 0.474. The number of aromatic nitrogens is 2. The number of hydrogen-bond acceptors (Lipinski definition) is 3. The molecule has 1 amide bonds. The summed E-state index contributed by atoms with van der Waals surface area (Å²) in [7, 11) is 0. The van der Waals surface area contributed by atoms with Crippen LogP contribution in [0.5, 0.6) is 0 Å². The highest BCUT2D eigenvalue weighted by molar-refractivity contribution is 5.94. The monoisotopic (exact) mass is 326 g/mol. The first-order chi connectivity index (χ1) is 11.4. The van der Waals surface area contributed by atoms with Crippen molar-refractivity contribution in [3.63, 3.8) is 0 Å². The van der Waals surface area contributed by atoms with Crippen molar-refractivity contribution in [2.24, 2.45) is 11.1 Å². The third-order valence-electron chi connectivity index (χ3n) is 4.97. The Morgan fingerprint density at radius 1 is 1.29 bits per heavy atom. The molecule has 2 aromatic rings. The molecule has 1 aromatic heterocycles. The molecule has 1 saturated heterocycles. The van der Waals surface area contributed by atoms with Gasteiger partial charge in [0.05, 0.1) is 12.2 Å². The minimum absolute atomic E-state index is 0.0606. The number of rotatable bonds is 4. The normalized spacial score (nSPS) is 20.6. The number of nitrogens with zero attached hydrogens (tertiary/aromatic N) is 3. The van der Waals surface area contributed by atoms with Crippen LogP contribution in [-0.2, 0) is 6.54 Å². The first-order valence-corrected chi connectivity index (χ1v) is 8.49. The Hall–Kier alpha value is -2.14. The van der Waals surface area contributed by atoms with Gasteiger partial charge in [0.25, 0.3) is 5.91 Å². The van der Waals surface area contributed by atoms with E-state index in [1.54, 1.807) is 0 Å². The highest BCUT2D eigenvalue weighted by atomic mass is 16.2. The van der Waals surface area contributed by atoms with E-state index in [2.05, 4.69) is 25.0 Å². The van der Waals surface area contributed by atoms with E-state index >= 15 is 0 Å². The van der Waals surface area contributed by atoms with Crippen molar-refractivity contribution in [3.8, 4) is 0 Å². The summed E-state index contributed by atoms with van der Waals surface area (Å²) in [6.45, 7) is 9.09. The van der Waals surface area contributed by atoms with E-state index in [9.17, 15) is 4.79 Å². The zero-order valence-corrected chi connectivity index (χ0v) is 14.7. The summed E-state index contributed by atoms with van der Waals surface area (Å²) in [5.41, 5.74) is 9.95. The molecule has 0 radical (unpaired) electrons. The second kappa shape index (κ2) is 6.40. The van der Waals surface area contributed by atoms with Crippen LogP contribution in [0, 0.1) is 19.3 Å². The fourth-order valence-corrected chi connectivity index (χ4v) is 3.31. The molecular weight excluding hydrogens is 300 g/mol. The van der Waals surface area contributed by atoms with Gasteiger partial charge in [-0.25, -0.2) is 0 Å². The van der Waals surface area contributed by atoms with Crippen LogP contribution >= 0.6 is 0 Å². The highest BCUT2D eigenvalue weighted by Gasteiger charge is 2.35. The van der Waals surface area contributed by atoms with Gasteiger partial charge in [-0.1, -0.05) is 19.1 Å². The number of benzene rings is 1. The predicted molar refractivity (Wildman–Crippen MR) is 94.9 cm³/mol. The Labute approximate surface area is 143 Å². The van der Waals surface area contributed by atoms with Crippen molar-refractivity contribution in [3.05, 3.63) is 52.8 Å². The Balaban J connectivity index is 1.68. The summed E-state index contributed by atoms with van der Waals surface area (Å²) < 4.78 is 1.99. The van der Waals surface area contributed by atoms with Gasteiger partial charge in [-0.05, 0) is 56.0 Å². The molecule has 1 unspecified atom stereocenters. The average molecular weight is 326 g/mol. The molecule has 3 rings (SSSR count). The number of carbonyl (C=O) groups is 1. The molecule has 5 heteroatoms. The smallest absolute Gasteiger partial charge is 0.253 e. The minimum atomic E-state index is 0.0606. The van der Waals surface area contributed by atoms with E-state index in [0.717, 1.165) is 48.6 Å². The predicted octanol–water partition coefficient (Wildman–Crippen LogP) is 2.36. The van der Waals surface area contributed by atoms with Gasteiger partial charge in [0.15, 0.2) is 0 Å². The molecule has 128 valence electrons. The zero-order chi connectivity index (χ0) is 17.3. The summed E-state index contributed by atoms with van der Waals surface area (Å²) >= 11 is 0. The molecule has 1 aromatic carbocycles. The van der Waals surface area contributed by atoms with E-state index < -0.39 is 0 Å². The van der Waals surface area contributed by atoms with Crippen molar-refractivity contribution in [2.45, 2.75) is 33.7 Å². The van der Waals surface area contributed by atoms with Crippen LogP contribution in [0.15, 0.2) is 30.3 Å². The van der Waals surface area contributed by atoms with Gasteiger partial charge in [0, 0.05) is 24.3 Å². The molecule has 0 aliphatic carbocycles. The van der Waals surface area contributed by atoms with Crippen LogP contribution in [0.1, 0.15) is 40.7 Å². The summed E-state index contributed by atoms with van der Waals surface area (Å²) in [6, 6.07) is 9.94. The molecule has 5 nitrogen and oxygen atoms in total. The van der Waals surface area contributed by atoms with Crippen molar-refractivity contribution >= 4 is 5.91 Å². The third-order valence-corrected chi connectivity index (χ3v) is 4.97. The maximum Gasteiger partial charge on any atom is 0.253 e. The van der Waals surface area contributed by atoms with Crippen LogP contribution in [0.4, 0.5) is 0 Å². The van der Waals surface area contributed by atoms with Crippen LogP contribution in [-0.4, -0.2) is 40.2 Å². The largest absolute Gasteiger partial charge is 0.338 e. The summed E-state index contributed by atoms with van der Waals surface area (Å²) in [4.78, 5) is 14.6. The lowest BCUT2D eigenvalue weighted by molar-refractivity contribution is 0.0777. The Morgan fingerprint density at radius 3 is 2.54 bits per heavy atom. The highest BCUT2D eigenvalue weighted by Crippen LogP contribution is 2.29. The van der Waals surface area contributed by atoms with Gasteiger partial charge in [-0.15, -0.1) is 0 Å². The molecule has 0 saturated carbocycles. The number of nitrogens with two attached hydrogens (primary N) is 1. The lowest BCUT2D eigenvalue weighted by Crippen LogP contribution is -2.34. The standard InChI is InChI=1S/C19H26N4O/c1-14-10-15(2)23(21-14)11-16-4-6-17(7-5-16)18(24)22-9-8-19(3,12-20)13-22/h4-7,10H,8-9,11-13,20H2,1-3H3. The van der Waals surface area contributed by atoms with E-state index in [1.165, 1.54) is 0 Å². The van der Waals surface area contributed by atoms with E-state index in [1.807, 2.05) is 40.8 Å². The summed E-state index contributed by atoms with van der Waals surface area (Å²) in [5.74, 6) is 0.102. The molecule has 2 N–H and O–H groups in total. The van der Waals surface area contributed by atoms with Gasteiger partial charge in [-0.2, -0.15) is 5.10 Å². The van der Waals surface area contributed by atoms with Gasteiger partial charge in [-0.3, -0.25) is 9.48 Å². The van der Waals surface area contributed by atoms with E-state index in [-0.39, 0.29) is 11.3 Å². The molecule has 1 fully saturated rings. The molecule has 2 heterocycles. The topological polar surface area (TPSA) is 64.2 Å². The molecule has 0 bridgehead atoms. The molecule has 1 aliphatic heterocycles. The molecule has 1 atom stereocenters. The first kappa shape index (κ1) is 16.7. The third kappa shape index (κ3) is 3.36. The Morgan fingerprint density at radius 2 is 2.00 bits per heavy atom. The van der Waals surface area contributed by atoms with Gasteiger partial charge >= 0.3 is 0 Å². The van der Waals surface area contributed by atoms with Crippen molar-refractivity contribution in [1.82, 2.24) is 14.7 Å². The lowest BCUT2D eigenvalue weighted by Gasteiger charge is -2.22. The second-order valence-corrected chi connectivity index (χ2v) is 7.27. The molecular formula is C19H26N4O. The summed E-state index contributed by atoms with van der Waals surface area (Å²) in [5, 5.41) is 4.48. The lowest BCUT2D eigenvalue weighted by atomic mass is 9.90. The quantitative estimate of drug-likeness (QED) is 0.938. The van der Waals surface area contributed by atoms with Gasteiger partial charge < -0.3 is 10.6 Å². The maximum atomic E-state index is 12.6. The van der Waals surface area contributed by atoms with Crippen LogP contribution in [0.3, 0.4) is 0 Å². The number of hydrogen-bond donors (Lipinski definition) is 1. The van der Waals surface area contributed by atoms with E-state index in [4.69, 9.17) is 5.73 Å². The van der Waals surface area contributed by atoms with Gasteiger partial charge in [0.2, 0.25) is 0 Å². The fourth-order valence-electron chi connectivity index (χ4n) is 3.31. The van der Waals surface area contributed by atoms with Crippen LogP contribution in [0.2, 0.25) is 0 Å². The average Bonchev–Trinajstić information content (AvgIpc) is 3.11. The maximum absolute atomic E-state index is 12.6. The zero-order valence-electron chi connectivity index (χ0n) is 14.7. The Kier molecular flexibility index (Phi) is 4.45. The minimum Gasteiger partial charge on any atom is -0.338 e. The molecule has 24 heavy (non-hydrogen) atoms.